The van der Waals surface area contributed by atoms with Gasteiger partial charge in [-0.1, -0.05) is 0 Å². The minimum absolute atomic E-state index is 0.00114. The van der Waals surface area contributed by atoms with E-state index in [0.717, 1.165) is 25.7 Å². The van der Waals surface area contributed by atoms with Gasteiger partial charge in [0, 0.05) is 17.6 Å². The maximum Gasteiger partial charge on any atom is 0.416 e. The Morgan fingerprint density at radius 2 is 1.29 bits per heavy atom. The van der Waals surface area contributed by atoms with Gasteiger partial charge in [0.1, 0.15) is 0 Å². The Hall–Kier alpha value is -2.30. The molecule has 0 aliphatic heterocycles. The number of hydrogen-bond acceptors (Lipinski definition) is 3. The lowest BCUT2D eigenvalue weighted by Gasteiger charge is -2.29. The minimum Gasteiger partial charge on any atom is -0.352 e. The molecular weight excluding hydrogens is 464 g/mol. The highest BCUT2D eigenvalue weighted by Crippen LogP contribution is 2.36. The van der Waals surface area contributed by atoms with Crippen molar-refractivity contribution in [1.29, 1.82) is 0 Å². The Labute approximate surface area is 195 Å². The van der Waals surface area contributed by atoms with Gasteiger partial charge >= 0.3 is 12.4 Å². The van der Waals surface area contributed by atoms with Crippen LogP contribution in [0.3, 0.4) is 0 Å². The topological polar surface area (TPSA) is 70.2 Å². The third kappa shape index (κ3) is 9.15. The van der Waals surface area contributed by atoms with Crippen molar-refractivity contribution in [2.24, 2.45) is 11.8 Å². The second-order valence-electron chi connectivity index (χ2n) is 9.82. The van der Waals surface area contributed by atoms with Crippen molar-refractivity contribution in [2.45, 2.75) is 64.3 Å². The summed E-state index contributed by atoms with van der Waals surface area (Å²) >= 11 is 0. The summed E-state index contributed by atoms with van der Waals surface area (Å²) in [6.45, 7) is 6.74. The van der Waals surface area contributed by atoms with Crippen LogP contribution in [0.15, 0.2) is 18.2 Å². The Morgan fingerprint density at radius 3 is 1.74 bits per heavy atom. The van der Waals surface area contributed by atoms with Crippen LogP contribution in [-0.4, -0.2) is 37.0 Å². The molecule has 1 saturated carbocycles. The molecule has 1 aromatic rings. The van der Waals surface area contributed by atoms with Crippen LogP contribution >= 0.6 is 0 Å². The molecule has 5 nitrogen and oxygen atoms in total. The van der Waals surface area contributed by atoms with Crippen LogP contribution in [0.25, 0.3) is 0 Å². The van der Waals surface area contributed by atoms with E-state index in [1.54, 1.807) is 0 Å². The molecule has 0 radical (unpaired) electrons. The Balaban J connectivity index is 1.83. The van der Waals surface area contributed by atoms with Gasteiger partial charge in [0.25, 0.3) is 5.91 Å². The quantitative estimate of drug-likeness (QED) is 0.478. The first kappa shape index (κ1) is 27.9. The zero-order valence-electron chi connectivity index (χ0n) is 19.4. The molecule has 1 fully saturated rings. The molecule has 192 valence electrons. The summed E-state index contributed by atoms with van der Waals surface area (Å²) < 4.78 is 77.9. The van der Waals surface area contributed by atoms with E-state index in [1.807, 2.05) is 20.8 Å². The monoisotopic (exact) mass is 495 g/mol. The molecule has 0 atom stereocenters. The lowest BCUT2D eigenvalue weighted by molar-refractivity contribution is -0.143. The molecule has 0 aromatic heterocycles. The van der Waals surface area contributed by atoms with Gasteiger partial charge in [-0.2, -0.15) is 26.3 Å². The number of amides is 2. The molecule has 11 heteroatoms. The summed E-state index contributed by atoms with van der Waals surface area (Å²) in [5.74, 6) is -0.623. The summed E-state index contributed by atoms with van der Waals surface area (Å²) in [5.41, 5.74) is -4.01. The van der Waals surface area contributed by atoms with E-state index in [1.165, 1.54) is 0 Å². The summed E-state index contributed by atoms with van der Waals surface area (Å²) in [7, 11) is 0. The highest BCUT2D eigenvalue weighted by Gasteiger charge is 2.37. The normalized spacial score (nSPS) is 19.6. The molecule has 0 bridgehead atoms. The zero-order chi connectivity index (χ0) is 25.7. The predicted octanol–water partition coefficient (Wildman–Crippen LogP) is 4.76. The van der Waals surface area contributed by atoms with Crippen molar-refractivity contribution < 1.29 is 35.9 Å². The Bertz CT molecular complexity index is 821. The molecule has 1 aliphatic carbocycles. The van der Waals surface area contributed by atoms with Crippen LogP contribution in [-0.2, 0) is 17.1 Å². The highest BCUT2D eigenvalue weighted by atomic mass is 19.4. The number of benzene rings is 1. The first-order valence-corrected chi connectivity index (χ1v) is 11.1. The molecule has 2 rings (SSSR count). The summed E-state index contributed by atoms with van der Waals surface area (Å²) in [6, 6.07) is 0.866. The number of halogens is 6. The van der Waals surface area contributed by atoms with Crippen molar-refractivity contribution >= 4 is 11.8 Å². The van der Waals surface area contributed by atoms with Gasteiger partial charge in [0.05, 0.1) is 17.7 Å². The van der Waals surface area contributed by atoms with Crippen molar-refractivity contribution in [3.8, 4) is 0 Å². The van der Waals surface area contributed by atoms with E-state index < -0.39 is 35.0 Å². The highest BCUT2D eigenvalue weighted by molar-refractivity contribution is 5.94. The maximum atomic E-state index is 13.0. The molecule has 3 N–H and O–H groups in total. The number of hydrogen-bond donors (Lipinski definition) is 3. The van der Waals surface area contributed by atoms with Gasteiger partial charge < -0.3 is 16.0 Å². The average Bonchev–Trinajstić information content (AvgIpc) is 2.70. The van der Waals surface area contributed by atoms with Gasteiger partial charge in [0.15, 0.2) is 0 Å². The number of carbonyl (C=O) groups is 2. The van der Waals surface area contributed by atoms with Crippen LogP contribution in [0.1, 0.15) is 67.9 Å². The molecule has 1 aliphatic rings. The second kappa shape index (κ2) is 11.0. The van der Waals surface area contributed by atoms with Gasteiger partial charge in [-0.3, -0.25) is 9.59 Å². The summed E-state index contributed by atoms with van der Waals surface area (Å²) in [4.78, 5) is 24.2. The number of alkyl halides is 6. The lowest BCUT2D eigenvalue weighted by atomic mass is 9.82. The second-order valence-corrected chi connectivity index (χ2v) is 9.82. The molecular formula is C23H31F6N3O2. The molecule has 34 heavy (non-hydrogen) atoms. The SMILES string of the molecule is CC(C)(C)NC(=O)CNCC1CCC(CNC(=O)c2cc(C(F)(F)F)cc(C(F)(F)F)c2)CC1. The molecule has 0 heterocycles. The maximum absolute atomic E-state index is 13.0. The standard InChI is InChI=1S/C23H31F6N3O2/c1-21(2,3)32-19(33)13-30-11-14-4-6-15(7-5-14)12-31-20(34)16-8-17(22(24,25)26)10-18(9-16)23(27,28)29/h8-10,14-15,30H,4-7,11-13H2,1-3H3,(H,31,34)(H,32,33). The Morgan fingerprint density at radius 1 is 0.824 bits per heavy atom. The first-order valence-electron chi connectivity index (χ1n) is 11.1. The average molecular weight is 496 g/mol. The van der Waals surface area contributed by atoms with Crippen LogP contribution in [0.5, 0.6) is 0 Å². The van der Waals surface area contributed by atoms with Crippen molar-refractivity contribution in [3.63, 3.8) is 0 Å². The van der Waals surface area contributed by atoms with Crippen LogP contribution in [0.2, 0.25) is 0 Å². The number of rotatable bonds is 7. The summed E-state index contributed by atoms with van der Waals surface area (Å²) in [6.07, 6.45) is -6.80. The van der Waals surface area contributed by atoms with Crippen molar-refractivity contribution in [1.82, 2.24) is 16.0 Å². The lowest BCUT2D eigenvalue weighted by Crippen LogP contribution is -2.45. The van der Waals surface area contributed by atoms with Gasteiger partial charge in [-0.25, -0.2) is 0 Å². The molecule has 0 unspecified atom stereocenters. The largest absolute Gasteiger partial charge is 0.416 e. The van der Waals surface area contributed by atoms with E-state index in [4.69, 9.17) is 0 Å². The van der Waals surface area contributed by atoms with Gasteiger partial charge in [-0.15, -0.1) is 0 Å². The number of nitrogens with one attached hydrogen (secondary N) is 3. The Kier molecular flexibility index (Phi) is 9.01. The van der Waals surface area contributed by atoms with Gasteiger partial charge in [0.2, 0.25) is 5.91 Å². The van der Waals surface area contributed by atoms with Crippen LogP contribution < -0.4 is 16.0 Å². The minimum atomic E-state index is -5.00. The van der Waals surface area contributed by atoms with E-state index in [-0.39, 0.29) is 36.5 Å². The smallest absolute Gasteiger partial charge is 0.352 e. The molecule has 1 aromatic carbocycles. The first-order chi connectivity index (χ1) is 15.5. The van der Waals surface area contributed by atoms with Gasteiger partial charge in [-0.05, 0) is 83.0 Å². The zero-order valence-corrected chi connectivity index (χ0v) is 19.4. The third-order valence-corrected chi connectivity index (χ3v) is 5.60. The molecule has 0 spiro atoms. The fraction of sp³-hybridized carbons (Fsp3) is 0.652. The third-order valence-electron chi connectivity index (χ3n) is 5.60. The fourth-order valence-electron chi connectivity index (χ4n) is 3.92. The number of carbonyl (C=O) groups excluding carboxylic acids is 2. The van der Waals surface area contributed by atoms with E-state index in [0.29, 0.717) is 24.6 Å². The van der Waals surface area contributed by atoms with Crippen molar-refractivity contribution in [3.05, 3.63) is 34.9 Å². The van der Waals surface area contributed by atoms with E-state index in [2.05, 4.69) is 16.0 Å². The molecule has 2 amide bonds. The van der Waals surface area contributed by atoms with Crippen molar-refractivity contribution in [2.75, 3.05) is 19.6 Å². The predicted molar refractivity (Wildman–Crippen MR) is 115 cm³/mol. The summed E-state index contributed by atoms with van der Waals surface area (Å²) in [5, 5.41) is 8.47. The van der Waals surface area contributed by atoms with Crippen LogP contribution in [0.4, 0.5) is 26.3 Å². The molecule has 0 saturated heterocycles. The fourth-order valence-corrected chi connectivity index (χ4v) is 3.92. The van der Waals surface area contributed by atoms with E-state index >= 15 is 0 Å². The van der Waals surface area contributed by atoms with Crippen LogP contribution in [0, 0.1) is 11.8 Å². The van der Waals surface area contributed by atoms with E-state index in [9.17, 15) is 35.9 Å².